The first kappa shape index (κ1) is 21.7. The van der Waals surface area contributed by atoms with Crippen LogP contribution in [0.4, 0.5) is 0 Å². The highest BCUT2D eigenvalue weighted by molar-refractivity contribution is 7.89. The van der Waals surface area contributed by atoms with Gasteiger partial charge in [0.2, 0.25) is 10.0 Å². The summed E-state index contributed by atoms with van der Waals surface area (Å²) in [4.78, 5) is 6.48. The molecule has 0 atom stereocenters. The topological polar surface area (TPSA) is 83.0 Å². The minimum absolute atomic E-state index is 0.256. The van der Waals surface area contributed by atoms with E-state index in [1.165, 1.54) is 0 Å². The second kappa shape index (κ2) is 10.7. The lowest BCUT2D eigenvalue weighted by Crippen LogP contribution is -2.42. The molecule has 2 N–H and O–H groups in total. The fourth-order valence-corrected chi connectivity index (χ4v) is 3.69. The fourth-order valence-electron chi connectivity index (χ4n) is 2.63. The molecule has 0 aliphatic heterocycles. The van der Waals surface area contributed by atoms with Crippen LogP contribution in [0.3, 0.4) is 0 Å². The van der Waals surface area contributed by atoms with Crippen molar-refractivity contribution in [1.82, 2.24) is 14.9 Å². The lowest BCUT2D eigenvalue weighted by atomic mass is 10.2. The van der Waals surface area contributed by atoms with Crippen molar-refractivity contribution in [3.8, 4) is 5.75 Å². The van der Waals surface area contributed by atoms with Crippen LogP contribution in [-0.4, -0.2) is 53.1 Å². The van der Waals surface area contributed by atoms with Crippen LogP contribution >= 0.6 is 0 Å². The normalized spacial score (nSPS) is 11.9. The molecule has 0 spiro atoms. The van der Waals surface area contributed by atoms with Gasteiger partial charge in [-0.05, 0) is 36.8 Å². The zero-order chi connectivity index (χ0) is 20.4. The number of sulfonamides is 1. The van der Waals surface area contributed by atoms with Gasteiger partial charge < -0.3 is 15.0 Å². The molecule has 2 rings (SSSR count). The Morgan fingerprint density at radius 1 is 1.07 bits per heavy atom. The molecule has 0 aromatic heterocycles. The summed E-state index contributed by atoms with van der Waals surface area (Å²) >= 11 is 0. The summed E-state index contributed by atoms with van der Waals surface area (Å²) in [5, 5.41) is 3.17. The van der Waals surface area contributed by atoms with Crippen molar-refractivity contribution in [1.29, 1.82) is 0 Å². The van der Waals surface area contributed by atoms with Gasteiger partial charge in [-0.2, -0.15) is 0 Å². The monoisotopic (exact) mass is 404 g/mol. The Hall–Kier alpha value is -2.58. The lowest BCUT2D eigenvalue weighted by Gasteiger charge is -2.22. The van der Waals surface area contributed by atoms with Gasteiger partial charge in [0.1, 0.15) is 5.75 Å². The number of nitrogens with one attached hydrogen (secondary N) is 2. The first-order valence-electron chi connectivity index (χ1n) is 9.14. The van der Waals surface area contributed by atoms with Crippen LogP contribution in [0.2, 0.25) is 0 Å². The number of hydrogen-bond donors (Lipinski definition) is 2. The Balaban J connectivity index is 1.81. The number of aliphatic imine (C=N–C) groups is 1. The Bertz CT molecular complexity index is 853. The average Bonchev–Trinajstić information content (AvgIpc) is 2.70. The molecule has 28 heavy (non-hydrogen) atoms. The standard InChI is InChI=1S/C20H28N4O3S/c1-4-27-18-12-10-17(11-13-18)16-24(3)20(21-2)22-14-15-23-28(25,26)19-8-6-5-7-9-19/h5-13,23H,4,14-16H2,1-3H3,(H,21,22). The zero-order valence-electron chi connectivity index (χ0n) is 16.6. The highest BCUT2D eigenvalue weighted by Crippen LogP contribution is 2.13. The number of rotatable bonds is 9. The van der Waals surface area contributed by atoms with Crippen molar-refractivity contribution in [2.45, 2.75) is 18.4 Å². The summed E-state index contributed by atoms with van der Waals surface area (Å²) in [6, 6.07) is 16.2. The number of guanidine groups is 1. The Kier molecular flexibility index (Phi) is 8.28. The average molecular weight is 405 g/mol. The first-order valence-corrected chi connectivity index (χ1v) is 10.6. The quantitative estimate of drug-likeness (QED) is 0.380. The Morgan fingerprint density at radius 3 is 2.36 bits per heavy atom. The highest BCUT2D eigenvalue weighted by atomic mass is 32.2. The largest absolute Gasteiger partial charge is 0.494 e. The SMILES string of the molecule is CCOc1ccc(CN(C)C(=NC)NCCNS(=O)(=O)c2ccccc2)cc1. The predicted molar refractivity (Wildman–Crippen MR) is 112 cm³/mol. The van der Waals surface area contributed by atoms with E-state index in [1.807, 2.05) is 43.1 Å². The summed E-state index contributed by atoms with van der Waals surface area (Å²) in [7, 11) is 0.132. The molecule has 0 aliphatic rings. The van der Waals surface area contributed by atoms with Gasteiger partial charge >= 0.3 is 0 Å². The van der Waals surface area contributed by atoms with Crippen LogP contribution < -0.4 is 14.8 Å². The second-order valence-corrected chi connectivity index (χ2v) is 7.88. The molecule has 8 heteroatoms. The van der Waals surface area contributed by atoms with Crippen molar-refractivity contribution >= 4 is 16.0 Å². The second-order valence-electron chi connectivity index (χ2n) is 6.12. The predicted octanol–water partition coefficient (Wildman–Crippen LogP) is 2.07. The van der Waals surface area contributed by atoms with E-state index in [0.29, 0.717) is 25.7 Å². The summed E-state index contributed by atoms with van der Waals surface area (Å²) in [5.41, 5.74) is 1.12. The molecule has 0 saturated heterocycles. The Labute approximate surface area is 167 Å². The molecule has 0 radical (unpaired) electrons. The van der Waals surface area contributed by atoms with Crippen molar-refractivity contribution in [3.63, 3.8) is 0 Å². The maximum Gasteiger partial charge on any atom is 0.240 e. The van der Waals surface area contributed by atoms with E-state index >= 15 is 0 Å². The van der Waals surface area contributed by atoms with Crippen LogP contribution in [0, 0.1) is 0 Å². The van der Waals surface area contributed by atoms with Gasteiger partial charge in [0, 0.05) is 33.7 Å². The molecular formula is C20H28N4O3S. The van der Waals surface area contributed by atoms with Gasteiger partial charge in [-0.1, -0.05) is 30.3 Å². The molecule has 152 valence electrons. The summed E-state index contributed by atoms with van der Waals surface area (Å²) < 4.78 is 32.4. The molecule has 0 unspecified atom stereocenters. The molecule has 2 aromatic carbocycles. The van der Waals surface area contributed by atoms with Gasteiger partial charge in [0.15, 0.2) is 5.96 Å². The third kappa shape index (κ3) is 6.54. The third-order valence-electron chi connectivity index (χ3n) is 3.98. The minimum atomic E-state index is -3.50. The maximum atomic E-state index is 12.2. The smallest absolute Gasteiger partial charge is 0.240 e. The van der Waals surface area contributed by atoms with Gasteiger partial charge in [-0.15, -0.1) is 0 Å². The number of benzene rings is 2. The van der Waals surface area contributed by atoms with Gasteiger partial charge in [0.25, 0.3) is 0 Å². The third-order valence-corrected chi connectivity index (χ3v) is 5.46. The molecule has 0 aliphatic carbocycles. The summed E-state index contributed by atoms with van der Waals surface area (Å²) in [6.07, 6.45) is 0. The van der Waals surface area contributed by atoms with Gasteiger partial charge in [0.05, 0.1) is 11.5 Å². The van der Waals surface area contributed by atoms with E-state index in [9.17, 15) is 8.42 Å². The van der Waals surface area contributed by atoms with Crippen molar-refractivity contribution < 1.29 is 13.2 Å². The van der Waals surface area contributed by atoms with E-state index in [0.717, 1.165) is 11.3 Å². The molecule has 0 saturated carbocycles. The van der Waals surface area contributed by atoms with E-state index in [1.54, 1.807) is 37.4 Å². The van der Waals surface area contributed by atoms with Crippen LogP contribution in [0.15, 0.2) is 64.5 Å². The molecule has 0 fully saturated rings. The van der Waals surface area contributed by atoms with Gasteiger partial charge in [-0.25, -0.2) is 13.1 Å². The van der Waals surface area contributed by atoms with Crippen LogP contribution in [0.25, 0.3) is 0 Å². The molecule has 2 aromatic rings. The van der Waals surface area contributed by atoms with Crippen LogP contribution in [-0.2, 0) is 16.6 Å². The lowest BCUT2D eigenvalue weighted by molar-refractivity contribution is 0.340. The minimum Gasteiger partial charge on any atom is -0.494 e. The van der Waals surface area contributed by atoms with E-state index < -0.39 is 10.0 Å². The number of ether oxygens (including phenoxy) is 1. The van der Waals surface area contributed by atoms with Crippen molar-refractivity contribution in [2.75, 3.05) is 33.8 Å². The van der Waals surface area contributed by atoms with Crippen molar-refractivity contribution in [2.24, 2.45) is 4.99 Å². The van der Waals surface area contributed by atoms with Crippen LogP contribution in [0.5, 0.6) is 5.75 Å². The summed E-state index contributed by atoms with van der Waals surface area (Å²) in [5.74, 6) is 1.54. The Morgan fingerprint density at radius 2 is 1.75 bits per heavy atom. The molecule has 0 bridgehead atoms. The van der Waals surface area contributed by atoms with Gasteiger partial charge in [-0.3, -0.25) is 4.99 Å². The first-order chi connectivity index (χ1) is 13.5. The maximum absolute atomic E-state index is 12.2. The van der Waals surface area contributed by atoms with Crippen LogP contribution in [0.1, 0.15) is 12.5 Å². The molecule has 0 heterocycles. The van der Waals surface area contributed by atoms with Crippen molar-refractivity contribution in [3.05, 3.63) is 60.2 Å². The van der Waals surface area contributed by atoms with E-state index in [4.69, 9.17) is 4.74 Å². The fraction of sp³-hybridized carbons (Fsp3) is 0.350. The zero-order valence-corrected chi connectivity index (χ0v) is 17.4. The van der Waals surface area contributed by atoms with E-state index in [2.05, 4.69) is 15.0 Å². The molecule has 0 amide bonds. The molecule has 7 nitrogen and oxygen atoms in total. The number of nitrogens with zero attached hydrogens (tertiary/aromatic N) is 2. The highest BCUT2D eigenvalue weighted by Gasteiger charge is 2.12. The summed E-state index contributed by atoms with van der Waals surface area (Å²) in [6.45, 7) is 3.95. The van der Waals surface area contributed by atoms with E-state index in [-0.39, 0.29) is 11.4 Å². The molecular weight excluding hydrogens is 376 g/mol. The number of hydrogen-bond acceptors (Lipinski definition) is 4.